The van der Waals surface area contributed by atoms with E-state index in [1.807, 2.05) is 6.92 Å². The summed E-state index contributed by atoms with van der Waals surface area (Å²) >= 11 is 0. The van der Waals surface area contributed by atoms with Gasteiger partial charge in [0, 0.05) is 12.7 Å². The van der Waals surface area contributed by atoms with E-state index < -0.39 is 17.5 Å². The van der Waals surface area contributed by atoms with Crippen LogP contribution in [0.3, 0.4) is 0 Å². The smallest absolute Gasteiger partial charge is 0.284 e. The van der Waals surface area contributed by atoms with Crippen LogP contribution in [-0.2, 0) is 6.54 Å². The number of Topliss-reactive ketones (excluding diaryl/α,β-unsaturated/α-hetero) is 1. The van der Waals surface area contributed by atoms with Crippen molar-refractivity contribution in [1.29, 1.82) is 0 Å². The Balaban J connectivity index is 2.72. The Morgan fingerprint density at radius 1 is 1.53 bits per heavy atom. The molecule has 0 atom stereocenters. The zero-order valence-electron chi connectivity index (χ0n) is 8.21. The summed E-state index contributed by atoms with van der Waals surface area (Å²) in [6.07, 6.45) is -1.00. The second kappa shape index (κ2) is 4.46. The van der Waals surface area contributed by atoms with E-state index in [4.69, 9.17) is 0 Å². The number of hydrogen-bond acceptors (Lipinski definition) is 2. The molecule has 0 aromatic carbocycles. The highest BCUT2D eigenvalue weighted by molar-refractivity contribution is 5.99. The van der Waals surface area contributed by atoms with Gasteiger partial charge in [0.1, 0.15) is 0 Å². The minimum absolute atomic E-state index is 0.404. The number of hydrogen-bond donors (Lipinski definition) is 0. The molecule has 6 heteroatoms. The number of carbonyl (C=O) groups is 1. The van der Waals surface area contributed by atoms with Crippen molar-refractivity contribution in [2.75, 3.05) is 0 Å². The average Bonchev–Trinajstić information content (AvgIpc) is 2.60. The van der Waals surface area contributed by atoms with Crippen LogP contribution in [0.1, 0.15) is 30.1 Å². The molecule has 84 valence electrons. The van der Waals surface area contributed by atoms with Gasteiger partial charge in [0.2, 0.25) is 0 Å². The van der Waals surface area contributed by atoms with Gasteiger partial charge in [-0.2, -0.15) is 18.3 Å². The molecule has 0 spiro atoms. The molecule has 0 unspecified atom stereocenters. The van der Waals surface area contributed by atoms with Crippen molar-refractivity contribution in [3.63, 3.8) is 0 Å². The quantitative estimate of drug-likeness (QED) is 0.730. The summed E-state index contributed by atoms with van der Waals surface area (Å²) in [5.74, 6) is -1.84. The maximum Gasteiger partial charge on any atom is 0.454 e. The number of rotatable bonds is 4. The predicted molar refractivity (Wildman–Crippen MR) is 47.5 cm³/mol. The Hall–Kier alpha value is -1.33. The highest BCUT2D eigenvalue weighted by Gasteiger charge is 2.39. The summed E-state index contributed by atoms with van der Waals surface area (Å²) < 4.78 is 37.4. The normalized spacial score (nSPS) is 11.7. The summed E-state index contributed by atoms with van der Waals surface area (Å²) in [7, 11) is 0. The molecule has 15 heavy (non-hydrogen) atoms. The number of alkyl halides is 3. The minimum atomic E-state index is -4.82. The Morgan fingerprint density at radius 2 is 2.20 bits per heavy atom. The molecule has 0 saturated heterocycles. The van der Waals surface area contributed by atoms with E-state index in [0.29, 0.717) is 6.54 Å². The monoisotopic (exact) mass is 220 g/mol. The molecular weight excluding hydrogens is 209 g/mol. The number of unbranched alkanes of at least 4 members (excludes halogenated alkanes) is 1. The molecule has 0 saturated carbocycles. The molecule has 0 fully saturated rings. The minimum Gasteiger partial charge on any atom is -0.284 e. The van der Waals surface area contributed by atoms with Crippen LogP contribution in [-0.4, -0.2) is 21.7 Å². The summed E-state index contributed by atoms with van der Waals surface area (Å²) in [4.78, 5) is 10.8. The van der Waals surface area contributed by atoms with Crippen molar-refractivity contribution in [2.45, 2.75) is 32.5 Å². The highest BCUT2D eigenvalue weighted by atomic mass is 19.4. The average molecular weight is 220 g/mol. The van der Waals surface area contributed by atoms with Gasteiger partial charge in [0.15, 0.2) is 0 Å². The molecule has 0 amide bonds. The molecule has 0 aliphatic carbocycles. The first kappa shape index (κ1) is 11.7. The Labute approximate surface area is 84.9 Å². The molecule has 0 radical (unpaired) electrons. The van der Waals surface area contributed by atoms with Crippen LogP contribution in [0.4, 0.5) is 13.2 Å². The molecular formula is C9H11F3N2O. The first-order valence-electron chi connectivity index (χ1n) is 4.59. The number of nitrogens with zero attached hydrogens (tertiary/aromatic N) is 2. The lowest BCUT2D eigenvalue weighted by Crippen LogP contribution is -2.22. The Bertz CT molecular complexity index is 343. The van der Waals surface area contributed by atoms with Crippen molar-refractivity contribution in [3.05, 3.63) is 18.0 Å². The van der Waals surface area contributed by atoms with E-state index in [9.17, 15) is 18.0 Å². The number of aryl methyl sites for hydroxylation is 1. The van der Waals surface area contributed by atoms with E-state index >= 15 is 0 Å². The third-order valence-electron chi connectivity index (χ3n) is 1.89. The van der Waals surface area contributed by atoms with Crippen LogP contribution in [0.2, 0.25) is 0 Å². The fourth-order valence-corrected chi connectivity index (χ4v) is 1.09. The van der Waals surface area contributed by atoms with E-state index in [2.05, 4.69) is 5.10 Å². The summed E-state index contributed by atoms with van der Waals surface area (Å²) in [6.45, 7) is 2.49. The van der Waals surface area contributed by atoms with Crippen LogP contribution in [0, 0.1) is 0 Å². The van der Waals surface area contributed by atoms with Gasteiger partial charge in [-0.3, -0.25) is 9.48 Å². The van der Waals surface area contributed by atoms with Crippen molar-refractivity contribution < 1.29 is 18.0 Å². The van der Waals surface area contributed by atoms with Crippen molar-refractivity contribution in [2.24, 2.45) is 0 Å². The zero-order chi connectivity index (χ0) is 11.5. The third-order valence-corrected chi connectivity index (χ3v) is 1.89. The second-order valence-electron chi connectivity index (χ2n) is 3.17. The molecule has 0 aliphatic heterocycles. The summed E-state index contributed by atoms with van der Waals surface area (Å²) in [5.41, 5.74) is -0.404. The van der Waals surface area contributed by atoms with Gasteiger partial charge < -0.3 is 0 Å². The van der Waals surface area contributed by atoms with Gasteiger partial charge >= 0.3 is 6.18 Å². The van der Waals surface area contributed by atoms with Gasteiger partial charge in [0.25, 0.3) is 5.78 Å². The largest absolute Gasteiger partial charge is 0.454 e. The van der Waals surface area contributed by atoms with Crippen molar-refractivity contribution >= 4 is 5.78 Å². The van der Waals surface area contributed by atoms with Gasteiger partial charge in [-0.25, -0.2) is 0 Å². The van der Waals surface area contributed by atoms with Gasteiger partial charge in [0.05, 0.1) is 11.8 Å². The maximum absolute atomic E-state index is 12.0. The number of ketones is 1. The van der Waals surface area contributed by atoms with E-state index in [1.54, 1.807) is 0 Å². The fraction of sp³-hybridized carbons (Fsp3) is 0.556. The van der Waals surface area contributed by atoms with Crippen LogP contribution in [0.15, 0.2) is 12.4 Å². The highest BCUT2D eigenvalue weighted by Crippen LogP contribution is 2.20. The standard InChI is InChI=1S/C9H11F3N2O/c1-2-3-4-14-6-7(5-13-14)8(15)9(10,11)12/h5-6H,2-4H2,1H3. The number of halogens is 3. The molecule has 3 nitrogen and oxygen atoms in total. The van der Waals surface area contributed by atoms with E-state index in [-0.39, 0.29) is 0 Å². The number of aromatic nitrogens is 2. The maximum atomic E-state index is 12.0. The Morgan fingerprint density at radius 3 is 2.73 bits per heavy atom. The van der Waals surface area contributed by atoms with E-state index in [1.165, 1.54) is 4.68 Å². The van der Waals surface area contributed by atoms with E-state index in [0.717, 1.165) is 25.2 Å². The Kier molecular flexibility index (Phi) is 3.49. The van der Waals surface area contributed by atoms with Crippen LogP contribution < -0.4 is 0 Å². The van der Waals surface area contributed by atoms with Gasteiger partial charge in [-0.15, -0.1) is 0 Å². The lowest BCUT2D eigenvalue weighted by Gasteiger charge is -2.01. The van der Waals surface area contributed by atoms with Crippen molar-refractivity contribution in [1.82, 2.24) is 9.78 Å². The lowest BCUT2D eigenvalue weighted by molar-refractivity contribution is -0.0885. The van der Waals surface area contributed by atoms with Crippen LogP contribution in [0.5, 0.6) is 0 Å². The SMILES string of the molecule is CCCCn1cc(C(=O)C(F)(F)F)cn1. The van der Waals surface area contributed by atoms with Gasteiger partial charge in [-0.1, -0.05) is 13.3 Å². The summed E-state index contributed by atoms with van der Waals surface area (Å²) in [6, 6.07) is 0. The van der Waals surface area contributed by atoms with Gasteiger partial charge in [-0.05, 0) is 6.42 Å². The molecule has 1 heterocycles. The lowest BCUT2D eigenvalue weighted by atomic mass is 10.2. The molecule has 1 rings (SSSR count). The first-order valence-corrected chi connectivity index (χ1v) is 4.59. The van der Waals surface area contributed by atoms with Crippen molar-refractivity contribution in [3.8, 4) is 0 Å². The molecule has 1 aromatic heterocycles. The molecule has 0 bridgehead atoms. The first-order chi connectivity index (χ1) is 6.95. The second-order valence-corrected chi connectivity index (χ2v) is 3.17. The fourth-order valence-electron chi connectivity index (χ4n) is 1.09. The van der Waals surface area contributed by atoms with Crippen LogP contribution >= 0.6 is 0 Å². The third kappa shape index (κ3) is 3.07. The number of carbonyl (C=O) groups excluding carboxylic acids is 1. The molecule has 0 N–H and O–H groups in total. The zero-order valence-corrected chi connectivity index (χ0v) is 8.21. The molecule has 1 aromatic rings. The predicted octanol–water partition coefficient (Wildman–Crippen LogP) is 2.43. The topological polar surface area (TPSA) is 34.9 Å². The molecule has 0 aliphatic rings. The summed E-state index contributed by atoms with van der Waals surface area (Å²) in [5, 5.41) is 3.68. The van der Waals surface area contributed by atoms with Crippen LogP contribution in [0.25, 0.3) is 0 Å².